The molecule has 3 saturated carbocycles. The van der Waals surface area contributed by atoms with Crippen molar-refractivity contribution in [2.75, 3.05) is 0 Å². The molecule has 192 valence electrons. The zero-order valence-electron chi connectivity index (χ0n) is 22.3. The van der Waals surface area contributed by atoms with E-state index in [2.05, 4.69) is 26.8 Å². The van der Waals surface area contributed by atoms with Crippen molar-refractivity contribution in [1.82, 2.24) is 0 Å². The summed E-state index contributed by atoms with van der Waals surface area (Å²) >= 11 is 0. The van der Waals surface area contributed by atoms with E-state index in [0.29, 0.717) is 5.41 Å². The molecule has 0 aromatic rings. The van der Waals surface area contributed by atoms with Crippen LogP contribution in [0.2, 0.25) is 0 Å². The average Bonchev–Trinajstić information content (AvgIpc) is 3.04. The van der Waals surface area contributed by atoms with Gasteiger partial charge in [0.25, 0.3) is 0 Å². The number of rotatable bonds is 7. The van der Waals surface area contributed by atoms with Gasteiger partial charge in [0.05, 0.1) is 16.6 Å². The zero-order chi connectivity index (χ0) is 23.3. The van der Waals surface area contributed by atoms with Crippen molar-refractivity contribution < 1.29 is 52.7 Å². The summed E-state index contributed by atoms with van der Waals surface area (Å²) < 4.78 is 27.2. The normalized spacial score (nSPS) is 40.2. The van der Waals surface area contributed by atoms with Gasteiger partial charge in [-0.2, -0.15) is 0 Å². The molecule has 5 nitrogen and oxygen atoms in total. The number of hydrogen-bond donors (Lipinski definition) is 1. The van der Waals surface area contributed by atoms with Crippen molar-refractivity contribution in [3.8, 4) is 0 Å². The molecular weight excluding hydrogens is 459 g/mol. The van der Waals surface area contributed by atoms with Gasteiger partial charge in [-0.3, -0.25) is 0 Å². The fourth-order valence-corrected chi connectivity index (χ4v) is 9.24. The first kappa shape index (κ1) is 30.8. The number of aliphatic hydroxyl groups is 1. The molecule has 4 aliphatic carbocycles. The van der Waals surface area contributed by atoms with Crippen LogP contribution in [0.25, 0.3) is 0 Å². The quantitative estimate of drug-likeness (QED) is 0.324. The van der Waals surface area contributed by atoms with Crippen molar-refractivity contribution in [3.05, 3.63) is 11.6 Å². The minimum atomic E-state index is -2.41. The van der Waals surface area contributed by atoms with Crippen LogP contribution in [-0.4, -0.2) is 22.3 Å². The van der Waals surface area contributed by atoms with E-state index in [9.17, 15) is 13.5 Å². The van der Waals surface area contributed by atoms with Crippen LogP contribution >= 0.6 is 0 Å². The summed E-state index contributed by atoms with van der Waals surface area (Å²) in [5.41, 5.74) is 1.61. The summed E-state index contributed by atoms with van der Waals surface area (Å²) in [5, 5.41) is 10.1. The molecule has 0 amide bonds. The molecule has 8 atom stereocenters. The molecule has 0 bridgehead atoms. The van der Waals surface area contributed by atoms with Crippen LogP contribution in [-0.2, 0) is 23.6 Å². The van der Waals surface area contributed by atoms with E-state index in [1.54, 1.807) is 0 Å². The average molecular weight is 506 g/mol. The van der Waals surface area contributed by atoms with Gasteiger partial charge < -0.3 is 23.2 Å². The zero-order valence-corrected chi connectivity index (χ0v) is 25.2. The summed E-state index contributed by atoms with van der Waals surface area (Å²) in [5.74, 6) is 3.88. The summed E-state index contributed by atoms with van der Waals surface area (Å²) in [6, 6.07) is 0. The van der Waals surface area contributed by atoms with Crippen molar-refractivity contribution in [2.45, 2.75) is 117 Å². The van der Waals surface area contributed by atoms with Gasteiger partial charge in [0.2, 0.25) is 0 Å². The predicted molar refractivity (Wildman–Crippen MR) is 130 cm³/mol. The standard InChI is InChI=1S/C27H45O4S.Na.H2O/c1-18(7-6-14-25(2,3)28)22-10-11-23-21-9-8-19-17-20(31-32(29)30)12-15-26(19,4)24(21)13-16-27(22,23)5;;/h8,18,20-24,28H,6-7,9-17H2,1-5H3;;1H2/q-1;+1;/p-1/t18-,20+,21?,22-,23?,24?,26+,27-;;/m1../s1. The minimum Gasteiger partial charge on any atom is -0.870 e. The Balaban J connectivity index is 0.00000204. The van der Waals surface area contributed by atoms with Gasteiger partial charge in [0.15, 0.2) is 0 Å². The van der Waals surface area contributed by atoms with E-state index in [0.717, 1.165) is 61.7 Å². The first-order chi connectivity index (χ1) is 14.9. The summed E-state index contributed by atoms with van der Waals surface area (Å²) in [7, 11) is -2.41. The van der Waals surface area contributed by atoms with E-state index < -0.39 is 16.6 Å². The molecule has 0 spiro atoms. The van der Waals surface area contributed by atoms with Crippen molar-refractivity contribution in [1.29, 1.82) is 0 Å². The third-order valence-electron chi connectivity index (χ3n) is 10.5. The van der Waals surface area contributed by atoms with Gasteiger partial charge in [-0.15, -0.1) is 0 Å². The van der Waals surface area contributed by atoms with Crippen LogP contribution in [0.1, 0.15) is 105 Å². The van der Waals surface area contributed by atoms with Crippen LogP contribution in [0.15, 0.2) is 11.6 Å². The Kier molecular flexibility index (Phi) is 10.4. The third kappa shape index (κ3) is 6.00. The number of fused-ring (bicyclic) bond motifs is 5. The Morgan fingerprint density at radius 2 is 1.85 bits per heavy atom. The molecule has 0 aromatic heterocycles. The second-order valence-corrected chi connectivity index (χ2v) is 13.4. The molecule has 0 aliphatic heterocycles. The second-order valence-electron chi connectivity index (χ2n) is 12.8. The maximum absolute atomic E-state index is 11.0. The summed E-state index contributed by atoms with van der Waals surface area (Å²) in [6.07, 6.45) is 14.8. The fraction of sp³-hybridized carbons (Fsp3) is 0.926. The molecule has 4 aliphatic rings. The van der Waals surface area contributed by atoms with Crippen molar-refractivity contribution in [3.63, 3.8) is 0 Å². The molecule has 0 aromatic carbocycles. The Bertz CT molecular complexity index is 797. The molecule has 7 heteroatoms. The van der Waals surface area contributed by atoms with Crippen LogP contribution in [0.3, 0.4) is 0 Å². The number of allylic oxidation sites excluding steroid dienone is 1. The van der Waals surface area contributed by atoms with E-state index in [1.807, 2.05) is 13.8 Å². The van der Waals surface area contributed by atoms with Gasteiger partial charge in [0.1, 0.15) is 0 Å². The fourth-order valence-electron chi connectivity index (χ4n) is 8.85. The summed E-state index contributed by atoms with van der Waals surface area (Å²) in [4.78, 5) is 0. The van der Waals surface area contributed by atoms with Crippen molar-refractivity contribution >= 4 is 11.0 Å². The maximum atomic E-state index is 11.0. The Hall–Kier alpha value is 0.570. The van der Waals surface area contributed by atoms with Gasteiger partial charge in [-0.1, -0.05) is 45.3 Å². The molecule has 2 N–H and O–H groups in total. The largest absolute Gasteiger partial charge is 1.00 e. The van der Waals surface area contributed by atoms with Gasteiger partial charge in [0, 0.05) is 6.10 Å². The number of hydrogen-bond acceptors (Lipinski definition) is 6. The molecular formula is C27H46NaO5S-. The van der Waals surface area contributed by atoms with Gasteiger partial charge in [-0.25, -0.2) is 0 Å². The molecule has 4 rings (SSSR count). The SMILES string of the molecule is C[C@H](CCCC(C)(C)O)[C@H]1CCC2C3CC=C4C[C@@H](O[S-](=O)=O)CC[C@]4(C)C3CC[C@@]21C.[Na+].[OH-]. The molecule has 0 radical (unpaired) electrons. The van der Waals surface area contributed by atoms with Crippen LogP contribution in [0, 0.1) is 40.4 Å². The Morgan fingerprint density at radius 1 is 1.15 bits per heavy atom. The minimum absolute atomic E-state index is 0. The van der Waals surface area contributed by atoms with Crippen LogP contribution in [0.4, 0.5) is 0 Å². The predicted octanol–water partition coefficient (Wildman–Crippen LogP) is 3.58. The van der Waals surface area contributed by atoms with E-state index in [-0.39, 0.29) is 46.6 Å². The van der Waals surface area contributed by atoms with Crippen molar-refractivity contribution in [2.24, 2.45) is 40.4 Å². The first-order valence-electron chi connectivity index (χ1n) is 13.1. The Morgan fingerprint density at radius 3 is 2.50 bits per heavy atom. The van der Waals surface area contributed by atoms with Gasteiger partial charge >= 0.3 is 29.6 Å². The van der Waals surface area contributed by atoms with Gasteiger partial charge in [-0.05, 0) is 112 Å². The maximum Gasteiger partial charge on any atom is 1.00 e. The molecule has 0 saturated heterocycles. The van der Waals surface area contributed by atoms with E-state index in [1.165, 1.54) is 44.1 Å². The first-order valence-corrected chi connectivity index (χ1v) is 14.1. The third-order valence-corrected chi connectivity index (χ3v) is 10.9. The molecule has 3 fully saturated rings. The summed E-state index contributed by atoms with van der Waals surface area (Å²) in [6.45, 7) is 11.4. The van der Waals surface area contributed by atoms with E-state index >= 15 is 0 Å². The Labute approximate surface area is 231 Å². The van der Waals surface area contributed by atoms with Crippen LogP contribution in [0.5, 0.6) is 0 Å². The second kappa shape index (κ2) is 11.5. The molecule has 0 heterocycles. The van der Waals surface area contributed by atoms with E-state index in [4.69, 9.17) is 4.18 Å². The molecule has 3 unspecified atom stereocenters. The monoisotopic (exact) mass is 505 g/mol. The smallest absolute Gasteiger partial charge is 0.870 e. The van der Waals surface area contributed by atoms with Crippen LogP contribution < -0.4 is 29.6 Å². The topological polar surface area (TPSA) is 93.6 Å². The molecule has 34 heavy (non-hydrogen) atoms.